The van der Waals surface area contributed by atoms with Crippen LogP contribution in [0.1, 0.15) is 29.3 Å². The Morgan fingerprint density at radius 1 is 1.21 bits per heavy atom. The third-order valence-corrected chi connectivity index (χ3v) is 5.05. The van der Waals surface area contributed by atoms with Crippen LogP contribution in [-0.4, -0.2) is 31.7 Å². The van der Waals surface area contributed by atoms with Gasteiger partial charge in [-0.15, -0.1) is 0 Å². The number of aromatic amines is 1. The van der Waals surface area contributed by atoms with Gasteiger partial charge >= 0.3 is 0 Å². The molecular weight excluding hydrogens is 377 g/mol. The Kier molecular flexibility index (Phi) is 4.87. The number of imidazole rings is 2. The Morgan fingerprint density at radius 3 is 2.68 bits per heavy atom. The number of fused-ring (bicyclic) bond motifs is 1. The quantitative estimate of drug-likeness (QED) is 0.499. The van der Waals surface area contributed by atoms with Crippen LogP contribution in [0.15, 0.2) is 59.9 Å². The van der Waals surface area contributed by atoms with Crippen LogP contribution in [-0.2, 0) is 0 Å². The van der Waals surface area contributed by atoms with Crippen molar-refractivity contribution in [1.29, 1.82) is 0 Å². The Labute approximate surface area is 165 Å². The third-order valence-electron chi connectivity index (χ3n) is 4.39. The zero-order chi connectivity index (χ0) is 19.7. The summed E-state index contributed by atoms with van der Waals surface area (Å²) in [5, 5.41) is 3.60. The Morgan fingerprint density at radius 2 is 1.96 bits per heavy atom. The first-order chi connectivity index (χ1) is 13.6. The summed E-state index contributed by atoms with van der Waals surface area (Å²) in [4.78, 5) is 25.0. The lowest BCUT2D eigenvalue weighted by Crippen LogP contribution is -2.29. The van der Waals surface area contributed by atoms with E-state index in [1.807, 2.05) is 37.4 Å². The molecule has 0 aliphatic carbocycles. The first kappa shape index (κ1) is 18.2. The fraction of sp³-hybridized carbons (Fsp3) is 0.150. The first-order valence-electron chi connectivity index (χ1n) is 8.70. The van der Waals surface area contributed by atoms with E-state index in [1.54, 1.807) is 16.7 Å². The second-order valence-electron chi connectivity index (χ2n) is 6.28. The molecule has 0 bridgehead atoms. The molecule has 2 aromatic carbocycles. The molecule has 0 radical (unpaired) electrons. The van der Waals surface area contributed by atoms with E-state index in [9.17, 15) is 9.18 Å². The van der Waals surface area contributed by atoms with E-state index in [0.29, 0.717) is 22.4 Å². The molecule has 142 valence electrons. The van der Waals surface area contributed by atoms with Gasteiger partial charge in [0.05, 0.1) is 23.3 Å². The van der Waals surface area contributed by atoms with Crippen molar-refractivity contribution in [2.45, 2.75) is 18.1 Å². The molecule has 0 spiro atoms. The molecule has 4 aromatic rings. The van der Waals surface area contributed by atoms with Crippen molar-refractivity contribution in [2.75, 3.05) is 6.26 Å². The number of benzene rings is 2. The van der Waals surface area contributed by atoms with E-state index < -0.39 is 0 Å². The summed E-state index contributed by atoms with van der Waals surface area (Å²) in [5.74, 6) is 0.0524. The number of nitrogens with one attached hydrogen (secondary N) is 2. The number of hydrogen-bond acceptors (Lipinski definition) is 4. The molecule has 2 aromatic heterocycles. The fourth-order valence-electron chi connectivity index (χ4n) is 3.00. The average Bonchev–Trinajstić information content (AvgIpc) is 3.32. The van der Waals surface area contributed by atoms with E-state index in [1.165, 1.54) is 30.1 Å². The zero-order valence-corrected chi connectivity index (χ0v) is 16.1. The lowest BCUT2D eigenvalue weighted by molar-refractivity contribution is 0.0931. The van der Waals surface area contributed by atoms with Crippen molar-refractivity contribution < 1.29 is 9.18 Å². The predicted octanol–water partition coefficient (Wildman–Crippen LogP) is 4.10. The van der Waals surface area contributed by atoms with Crippen LogP contribution in [0.4, 0.5) is 4.39 Å². The van der Waals surface area contributed by atoms with Crippen LogP contribution in [0.3, 0.4) is 0 Å². The van der Waals surface area contributed by atoms with Gasteiger partial charge in [-0.2, -0.15) is 0 Å². The van der Waals surface area contributed by atoms with E-state index in [4.69, 9.17) is 0 Å². The second-order valence-corrected chi connectivity index (χ2v) is 7.05. The molecule has 0 saturated carbocycles. The van der Waals surface area contributed by atoms with E-state index in [2.05, 4.69) is 20.3 Å². The molecule has 28 heavy (non-hydrogen) atoms. The van der Waals surface area contributed by atoms with Gasteiger partial charge < -0.3 is 10.3 Å². The van der Waals surface area contributed by atoms with Gasteiger partial charge in [-0.3, -0.25) is 9.36 Å². The summed E-state index contributed by atoms with van der Waals surface area (Å²) in [7, 11) is 0. The molecule has 2 N–H and O–H groups in total. The molecule has 0 aliphatic heterocycles. The van der Waals surface area contributed by atoms with E-state index >= 15 is 0 Å². The topological polar surface area (TPSA) is 75.6 Å². The summed E-state index contributed by atoms with van der Waals surface area (Å²) in [6.45, 7) is 1.86. The maximum Gasteiger partial charge on any atom is 0.270 e. The van der Waals surface area contributed by atoms with Crippen LogP contribution in [0.5, 0.6) is 0 Å². The minimum atomic E-state index is -0.334. The van der Waals surface area contributed by atoms with Crippen LogP contribution in [0.2, 0.25) is 0 Å². The molecule has 1 atom stereocenters. The largest absolute Gasteiger partial charge is 0.341 e. The number of nitrogens with zero attached hydrogens (tertiary/aromatic N) is 3. The van der Waals surface area contributed by atoms with Crippen LogP contribution in [0.25, 0.3) is 16.7 Å². The minimum Gasteiger partial charge on any atom is -0.341 e. The fourth-order valence-corrected chi connectivity index (χ4v) is 3.54. The molecule has 4 rings (SSSR count). The number of hydrogen-bond donors (Lipinski definition) is 2. The summed E-state index contributed by atoms with van der Waals surface area (Å²) < 4.78 is 15.0. The van der Waals surface area contributed by atoms with Crippen molar-refractivity contribution in [3.8, 4) is 5.69 Å². The minimum absolute atomic E-state index is 0.287. The average molecular weight is 395 g/mol. The highest BCUT2D eigenvalue weighted by Crippen LogP contribution is 2.23. The van der Waals surface area contributed by atoms with Gasteiger partial charge in [-0.05, 0) is 49.6 Å². The number of carbonyl (C=O) groups excluding carboxylic acids is 1. The molecule has 2 heterocycles. The monoisotopic (exact) mass is 395 g/mol. The lowest BCUT2D eigenvalue weighted by atomic mass is 10.2. The summed E-state index contributed by atoms with van der Waals surface area (Å²) in [5.41, 5.74) is 2.81. The van der Waals surface area contributed by atoms with E-state index in [0.717, 1.165) is 11.0 Å². The zero-order valence-electron chi connectivity index (χ0n) is 15.3. The number of rotatable bonds is 5. The highest BCUT2D eigenvalue weighted by Gasteiger charge is 2.21. The van der Waals surface area contributed by atoms with E-state index in [-0.39, 0.29) is 17.8 Å². The smallest absolute Gasteiger partial charge is 0.270 e. The summed E-state index contributed by atoms with van der Waals surface area (Å²) in [6, 6.07) is 13.3. The normalized spacial score (nSPS) is 12.2. The van der Waals surface area contributed by atoms with Gasteiger partial charge in [0, 0.05) is 5.69 Å². The van der Waals surface area contributed by atoms with Crippen LogP contribution >= 0.6 is 11.8 Å². The number of para-hydroxylation sites is 2. The molecule has 0 fully saturated rings. The summed E-state index contributed by atoms with van der Waals surface area (Å²) >= 11 is 1.41. The second kappa shape index (κ2) is 7.47. The van der Waals surface area contributed by atoms with Gasteiger partial charge in [0.15, 0.2) is 5.16 Å². The maximum absolute atomic E-state index is 13.3. The highest BCUT2D eigenvalue weighted by atomic mass is 32.2. The lowest BCUT2D eigenvalue weighted by Gasteiger charge is -2.14. The Bertz CT molecular complexity index is 1100. The van der Waals surface area contributed by atoms with Gasteiger partial charge in [0.1, 0.15) is 17.3 Å². The summed E-state index contributed by atoms with van der Waals surface area (Å²) in [6.07, 6.45) is 3.40. The Balaban J connectivity index is 1.62. The van der Waals surface area contributed by atoms with Crippen molar-refractivity contribution in [2.24, 2.45) is 0 Å². The number of H-pyrrole nitrogens is 1. The first-order valence-corrected chi connectivity index (χ1v) is 9.92. The Hall–Kier alpha value is -3.13. The number of aromatic nitrogens is 4. The molecule has 1 unspecified atom stereocenters. The van der Waals surface area contributed by atoms with Crippen molar-refractivity contribution in [3.63, 3.8) is 0 Å². The predicted molar refractivity (Wildman–Crippen MR) is 107 cm³/mol. The van der Waals surface area contributed by atoms with Crippen LogP contribution < -0.4 is 5.32 Å². The number of carbonyl (C=O) groups is 1. The molecule has 6 nitrogen and oxygen atoms in total. The van der Waals surface area contributed by atoms with Crippen molar-refractivity contribution in [1.82, 2.24) is 24.8 Å². The van der Waals surface area contributed by atoms with Gasteiger partial charge in [0.2, 0.25) is 0 Å². The van der Waals surface area contributed by atoms with Crippen molar-refractivity contribution in [3.05, 3.63) is 72.1 Å². The van der Waals surface area contributed by atoms with Gasteiger partial charge in [-0.1, -0.05) is 23.9 Å². The molecule has 0 aliphatic rings. The van der Waals surface area contributed by atoms with Gasteiger partial charge in [0.25, 0.3) is 5.91 Å². The molecule has 1 amide bonds. The van der Waals surface area contributed by atoms with Gasteiger partial charge in [-0.25, -0.2) is 14.4 Å². The highest BCUT2D eigenvalue weighted by molar-refractivity contribution is 7.98. The standard InChI is InChI=1S/C20H18FN5OS/c1-12(18-24-15-5-3-4-6-16(15)25-18)23-19(27)17-11-22-20(28-2)26(17)14-9-7-13(21)8-10-14/h3-12H,1-2H3,(H,23,27)(H,24,25). The number of amides is 1. The number of halogens is 1. The third kappa shape index (κ3) is 3.38. The number of thioether (sulfide) groups is 1. The van der Waals surface area contributed by atoms with Crippen molar-refractivity contribution >= 4 is 28.7 Å². The van der Waals surface area contributed by atoms with Crippen LogP contribution in [0, 0.1) is 5.82 Å². The SMILES string of the molecule is CSc1ncc(C(=O)NC(C)c2nc3ccccc3[nH]2)n1-c1ccc(F)cc1. The molecule has 0 saturated heterocycles. The molecular formula is C20H18FN5OS. The molecule has 8 heteroatoms. The maximum atomic E-state index is 13.3.